The summed E-state index contributed by atoms with van der Waals surface area (Å²) in [4.78, 5) is 14.6. The minimum Gasteiger partial charge on any atom is -0.380 e. The first-order chi connectivity index (χ1) is 9.88. The summed E-state index contributed by atoms with van der Waals surface area (Å²) >= 11 is 3.43. The van der Waals surface area contributed by atoms with E-state index in [1.54, 1.807) is 6.20 Å². The van der Waals surface area contributed by atoms with Crippen LogP contribution >= 0.6 is 15.9 Å². The van der Waals surface area contributed by atoms with Crippen LogP contribution in [0.15, 0.2) is 15.5 Å². The van der Waals surface area contributed by atoms with Gasteiger partial charge in [-0.3, -0.25) is 4.79 Å². The normalized spacial score (nSPS) is 23.5. The number of halogens is 1. The second-order valence-corrected chi connectivity index (χ2v) is 7.33. The summed E-state index contributed by atoms with van der Waals surface area (Å²) in [5.41, 5.74) is 0.746. The van der Waals surface area contributed by atoms with Crippen LogP contribution in [0.2, 0.25) is 0 Å². The van der Waals surface area contributed by atoms with Gasteiger partial charge in [-0.25, -0.2) is 4.68 Å². The van der Waals surface area contributed by atoms with E-state index in [4.69, 9.17) is 0 Å². The van der Waals surface area contributed by atoms with Crippen molar-refractivity contribution >= 4 is 21.6 Å². The second-order valence-electron chi connectivity index (χ2n) is 6.53. The number of anilines is 1. The van der Waals surface area contributed by atoms with E-state index < -0.39 is 0 Å². The predicted octanol–water partition coefficient (Wildman–Crippen LogP) is 2.41. The molecule has 0 amide bonds. The van der Waals surface area contributed by atoms with Crippen LogP contribution in [0.1, 0.15) is 27.2 Å². The Morgan fingerprint density at radius 2 is 2.24 bits per heavy atom. The molecule has 118 valence electrons. The molecule has 0 bridgehead atoms. The fourth-order valence-corrected chi connectivity index (χ4v) is 3.23. The van der Waals surface area contributed by atoms with Gasteiger partial charge >= 0.3 is 0 Å². The molecule has 0 spiro atoms. The lowest BCUT2D eigenvalue weighted by atomic mass is 9.94. The first-order valence-corrected chi connectivity index (χ1v) is 8.38. The van der Waals surface area contributed by atoms with Crippen molar-refractivity contribution in [3.05, 3.63) is 21.0 Å². The maximum atomic E-state index is 12.3. The molecule has 6 heteroatoms. The van der Waals surface area contributed by atoms with Gasteiger partial charge in [-0.15, -0.1) is 0 Å². The maximum Gasteiger partial charge on any atom is 0.283 e. The molecular formula is C15H25BrN4O. The number of hydrogen-bond donors (Lipinski definition) is 1. The minimum absolute atomic E-state index is 0.0609. The fourth-order valence-electron chi connectivity index (χ4n) is 2.81. The summed E-state index contributed by atoms with van der Waals surface area (Å²) in [6.07, 6.45) is 2.85. The summed E-state index contributed by atoms with van der Waals surface area (Å²) in [5, 5.41) is 7.78. The Hall–Kier alpha value is -0.880. The SMILES string of the molecule is CC(C)Cn1ncc(NC2CCN(C)CC2C)c(Br)c1=O. The Labute approximate surface area is 134 Å². The molecule has 21 heavy (non-hydrogen) atoms. The molecule has 2 rings (SSSR count). The molecule has 2 heterocycles. The Kier molecular flexibility index (Phi) is 5.43. The molecule has 1 aromatic heterocycles. The highest BCUT2D eigenvalue weighted by Crippen LogP contribution is 2.23. The largest absolute Gasteiger partial charge is 0.380 e. The third-order valence-electron chi connectivity index (χ3n) is 3.97. The van der Waals surface area contributed by atoms with Gasteiger partial charge in [-0.05, 0) is 47.8 Å². The molecule has 0 aliphatic carbocycles. The van der Waals surface area contributed by atoms with Gasteiger partial charge < -0.3 is 10.2 Å². The fraction of sp³-hybridized carbons (Fsp3) is 0.733. The van der Waals surface area contributed by atoms with Gasteiger partial charge in [0.1, 0.15) is 4.47 Å². The van der Waals surface area contributed by atoms with E-state index in [0.717, 1.165) is 25.2 Å². The first kappa shape index (κ1) is 16.5. The van der Waals surface area contributed by atoms with Gasteiger partial charge in [-0.2, -0.15) is 5.10 Å². The van der Waals surface area contributed by atoms with Crippen LogP contribution in [0.3, 0.4) is 0 Å². The molecule has 1 aliphatic heterocycles. The monoisotopic (exact) mass is 356 g/mol. The van der Waals surface area contributed by atoms with Crippen LogP contribution in [0.4, 0.5) is 5.69 Å². The summed E-state index contributed by atoms with van der Waals surface area (Å²) < 4.78 is 2.11. The molecule has 1 N–H and O–H groups in total. The molecule has 1 fully saturated rings. The van der Waals surface area contributed by atoms with Gasteiger partial charge in [0, 0.05) is 19.1 Å². The zero-order valence-electron chi connectivity index (χ0n) is 13.3. The molecule has 1 aliphatic rings. The standard InChI is InChI=1S/C15H25BrN4O/c1-10(2)8-20-15(21)14(16)13(7-17-20)18-12-5-6-19(4)9-11(12)3/h7,10-12,18H,5-6,8-9H2,1-4H3. The molecule has 1 aromatic rings. The van der Waals surface area contributed by atoms with E-state index in [-0.39, 0.29) is 5.56 Å². The predicted molar refractivity (Wildman–Crippen MR) is 89.7 cm³/mol. The first-order valence-electron chi connectivity index (χ1n) is 7.59. The lowest BCUT2D eigenvalue weighted by molar-refractivity contribution is 0.206. The van der Waals surface area contributed by atoms with Crippen LogP contribution in [0.25, 0.3) is 0 Å². The van der Waals surface area contributed by atoms with Crippen LogP contribution < -0.4 is 10.9 Å². The Morgan fingerprint density at radius 1 is 1.52 bits per heavy atom. The number of aromatic nitrogens is 2. The van der Waals surface area contributed by atoms with Crippen LogP contribution in [-0.4, -0.2) is 40.9 Å². The molecule has 0 saturated carbocycles. The third-order valence-corrected chi connectivity index (χ3v) is 4.74. The van der Waals surface area contributed by atoms with E-state index in [2.05, 4.69) is 59.1 Å². The van der Waals surface area contributed by atoms with Crippen molar-refractivity contribution in [1.29, 1.82) is 0 Å². The summed E-state index contributed by atoms with van der Waals surface area (Å²) in [6.45, 7) is 9.20. The van der Waals surface area contributed by atoms with Gasteiger partial charge in [0.05, 0.1) is 11.9 Å². The van der Waals surface area contributed by atoms with Crippen molar-refractivity contribution in [2.75, 3.05) is 25.5 Å². The molecule has 1 saturated heterocycles. The van der Waals surface area contributed by atoms with Gasteiger partial charge in [-0.1, -0.05) is 20.8 Å². The van der Waals surface area contributed by atoms with Crippen molar-refractivity contribution in [2.24, 2.45) is 11.8 Å². The number of nitrogens with one attached hydrogen (secondary N) is 1. The quantitative estimate of drug-likeness (QED) is 0.899. The molecular weight excluding hydrogens is 332 g/mol. The summed E-state index contributed by atoms with van der Waals surface area (Å²) in [7, 11) is 2.15. The highest BCUT2D eigenvalue weighted by atomic mass is 79.9. The van der Waals surface area contributed by atoms with E-state index in [1.165, 1.54) is 4.68 Å². The lowest BCUT2D eigenvalue weighted by Gasteiger charge is -2.35. The zero-order valence-corrected chi connectivity index (χ0v) is 14.9. The van der Waals surface area contributed by atoms with Crippen LogP contribution in [0.5, 0.6) is 0 Å². The average molecular weight is 357 g/mol. The molecule has 0 aromatic carbocycles. The smallest absolute Gasteiger partial charge is 0.283 e. The average Bonchev–Trinajstić information content (AvgIpc) is 2.40. The van der Waals surface area contributed by atoms with Gasteiger partial charge in [0.15, 0.2) is 0 Å². The Balaban J connectivity index is 2.14. The van der Waals surface area contributed by atoms with Crippen molar-refractivity contribution in [2.45, 2.75) is 39.8 Å². The number of hydrogen-bond acceptors (Lipinski definition) is 4. The van der Waals surface area contributed by atoms with Crippen molar-refractivity contribution in [3.63, 3.8) is 0 Å². The Bertz CT molecular complexity index is 543. The van der Waals surface area contributed by atoms with Gasteiger partial charge in [0.2, 0.25) is 0 Å². The number of nitrogens with zero attached hydrogens (tertiary/aromatic N) is 3. The number of piperidine rings is 1. The number of likely N-dealkylation sites (tertiary alicyclic amines) is 1. The van der Waals surface area contributed by atoms with Crippen LogP contribution in [-0.2, 0) is 6.54 Å². The molecule has 2 unspecified atom stereocenters. The van der Waals surface area contributed by atoms with E-state index in [1.807, 2.05) is 0 Å². The van der Waals surface area contributed by atoms with Crippen LogP contribution in [0, 0.1) is 11.8 Å². The zero-order chi connectivity index (χ0) is 15.6. The minimum atomic E-state index is -0.0609. The summed E-state index contributed by atoms with van der Waals surface area (Å²) in [6, 6.07) is 0.389. The van der Waals surface area contributed by atoms with Crippen molar-refractivity contribution in [3.8, 4) is 0 Å². The Morgan fingerprint density at radius 3 is 2.86 bits per heavy atom. The third kappa shape index (κ3) is 4.07. The van der Waals surface area contributed by atoms with E-state index in [0.29, 0.717) is 28.9 Å². The van der Waals surface area contributed by atoms with E-state index in [9.17, 15) is 4.79 Å². The highest BCUT2D eigenvalue weighted by Gasteiger charge is 2.25. The maximum absolute atomic E-state index is 12.3. The molecule has 0 radical (unpaired) electrons. The molecule has 5 nitrogen and oxygen atoms in total. The second kappa shape index (κ2) is 6.92. The lowest BCUT2D eigenvalue weighted by Crippen LogP contribution is -2.43. The van der Waals surface area contributed by atoms with Crippen molar-refractivity contribution in [1.82, 2.24) is 14.7 Å². The highest BCUT2D eigenvalue weighted by molar-refractivity contribution is 9.10. The van der Waals surface area contributed by atoms with Gasteiger partial charge in [0.25, 0.3) is 5.56 Å². The van der Waals surface area contributed by atoms with Crippen molar-refractivity contribution < 1.29 is 0 Å². The topological polar surface area (TPSA) is 50.2 Å². The van der Waals surface area contributed by atoms with E-state index >= 15 is 0 Å². The number of rotatable bonds is 4. The summed E-state index contributed by atoms with van der Waals surface area (Å²) in [5.74, 6) is 0.948. The molecule has 2 atom stereocenters.